The lowest BCUT2D eigenvalue weighted by atomic mass is 9.33. The molecule has 11 rings (SSSR count). The SMILES string of the molecule is c1cc(-n2c3ccccc3c3ccccc32)cc(-n2c3cccc4c3c3c5c6c(ccc5ccc32)Oc2ccccc2B64)c1. The fraction of sp³-hybridized carbons (Fsp3) is 0. The van der Waals surface area contributed by atoms with Crippen molar-refractivity contribution in [3.8, 4) is 22.9 Å². The lowest BCUT2D eigenvalue weighted by Gasteiger charge is -2.30. The summed E-state index contributed by atoms with van der Waals surface area (Å²) >= 11 is 0. The monoisotopic (exact) mass is 558 g/mol. The average Bonchev–Trinajstić information content (AvgIpc) is 3.61. The van der Waals surface area contributed by atoms with Crippen molar-refractivity contribution in [1.29, 1.82) is 0 Å². The second-order valence-corrected chi connectivity index (χ2v) is 12.1. The molecule has 0 bridgehead atoms. The summed E-state index contributed by atoms with van der Waals surface area (Å²) in [6, 6.07) is 50.8. The molecule has 4 heterocycles. The maximum Gasteiger partial charge on any atom is 0.252 e. The van der Waals surface area contributed by atoms with Crippen LogP contribution in [0.15, 0.2) is 140 Å². The number of para-hydroxylation sites is 3. The van der Waals surface area contributed by atoms with Crippen LogP contribution in [0.5, 0.6) is 11.5 Å². The predicted molar refractivity (Wildman–Crippen MR) is 184 cm³/mol. The molecule has 9 aromatic rings. The van der Waals surface area contributed by atoms with Gasteiger partial charge >= 0.3 is 0 Å². The van der Waals surface area contributed by atoms with Crippen LogP contribution in [-0.4, -0.2) is 15.8 Å². The van der Waals surface area contributed by atoms with Crippen LogP contribution in [-0.2, 0) is 0 Å². The van der Waals surface area contributed by atoms with Crippen molar-refractivity contribution in [2.24, 2.45) is 0 Å². The van der Waals surface area contributed by atoms with E-state index >= 15 is 0 Å². The highest BCUT2D eigenvalue weighted by Crippen LogP contribution is 2.41. The molecular formula is C40H23BN2O. The fourth-order valence-corrected chi connectivity index (χ4v) is 8.28. The first-order valence-electron chi connectivity index (χ1n) is 15.2. The van der Waals surface area contributed by atoms with E-state index in [1.165, 1.54) is 70.8 Å². The van der Waals surface area contributed by atoms with Crippen molar-refractivity contribution in [3.05, 3.63) is 140 Å². The highest BCUT2D eigenvalue weighted by molar-refractivity contribution is 7.01. The van der Waals surface area contributed by atoms with Crippen LogP contribution in [0.4, 0.5) is 0 Å². The van der Waals surface area contributed by atoms with Crippen LogP contribution in [0.2, 0.25) is 0 Å². The van der Waals surface area contributed by atoms with Crippen molar-refractivity contribution in [2.75, 3.05) is 0 Å². The Balaban J connectivity index is 1.24. The van der Waals surface area contributed by atoms with Gasteiger partial charge in [0.15, 0.2) is 0 Å². The van der Waals surface area contributed by atoms with E-state index in [0.29, 0.717) is 0 Å². The van der Waals surface area contributed by atoms with Gasteiger partial charge in [-0.15, -0.1) is 0 Å². The highest BCUT2D eigenvalue weighted by atomic mass is 16.5. The van der Waals surface area contributed by atoms with Gasteiger partial charge in [-0.05, 0) is 76.3 Å². The number of benzene rings is 7. The van der Waals surface area contributed by atoms with Gasteiger partial charge in [0.25, 0.3) is 6.71 Å². The summed E-state index contributed by atoms with van der Waals surface area (Å²) in [5.41, 5.74) is 11.1. The van der Waals surface area contributed by atoms with E-state index in [-0.39, 0.29) is 6.71 Å². The lowest BCUT2D eigenvalue weighted by molar-refractivity contribution is 0.488. The maximum absolute atomic E-state index is 6.54. The van der Waals surface area contributed by atoms with Crippen LogP contribution in [0, 0.1) is 0 Å². The molecule has 44 heavy (non-hydrogen) atoms. The molecule has 3 nitrogen and oxygen atoms in total. The number of ether oxygens (including phenoxy) is 1. The second kappa shape index (κ2) is 8.00. The van der Waals surface area contributed by atoms with Crippen LogP contribution in [0.1, 0.15) is 0 Å². The van der Waals surface area contributed by atoms with Gasteiger partial charge in [-0.3, -0.25) is 0 Å². The molecule has 2 aromatic heterocycles. The first-order valence-corrected chi connectivity index (χ1v) is 15.2. The third kappa shape index (κ3) is 2.70. The van der Waals surface area contributed by atoms with Crippen molar-refractivity contribution in [1.82, 2.24) is 9.13 Å². The smallest absolute Gasteiger partial charge is 0.252 e. The number of aromatic nitrogens is 2. The molecule has 0 saturated heterocycles. The third-order valence-corrected chi connectivity index (χ3v) is 9.95. The van der Waals surface area contributed by atoms with Crippen LogP contribution >= 0.6 is 0 Å². The zero-order chi connectivity index (χ0) is 28.5. The summed E-state index contributed by atoms with van der Waals surface area (Å²) in [7, 11) is 0. The van der Waals surface area contributed by atoms with Gasteiger partial charge in [0.2, 0.25) is 0 Å². The molecule has 0 amide bonds. The minimum absolute atomic E-state index is 0.139. The van der Waals surface area contributed by atoms with Gasteiger partial charge in [0, 0.05) is 32.9 Å². The molecule has 0 fully saturated rings. The summed E-state index contributed by atoms with van der Waals surface area (Å²) in [6.45, 7) is 0.139. The maximum atomic E-state index is 6.54. The largest absolute Gasteiger partial charge is 0.458 e. The molecule has 4 heteroatoms. The Kier molecular flexibility index (Phi) is 4.15. The van der Waals surface area contributed by atoms with Crippen molar-refractivity contribution in [2.45, 2.75) is 0 Å². The molecule has 0 aliphatic carbocycles. The van der Waals surface area contributed by atoms with Gasteiger partial charge in [-0.2, -0.15) is 0 Å². The first-order chi connectivity index (χ1) is 21.8. The quantitative estimate of drug-likeness (QED) is 0.197. The first kappa shape index (κ1) is 22.8. The average molecular weight is 558 g/mol. The van der Waals surface area contributed by atoms with Crippen molar-refractivity contribution >= 4 is 77.5 Å². The summed E-state index contributed by atoms with van der Waals surface area (Å²) in [6.07, 6.45) is 0. The predicted octanol–water partition coefficient (Wildman–Crippen LogP) is 7.97. The van der Waals surface area contributed by atoms with Crippen LogP contribution < -0.4 is 21.1 Å². The molecule has 202 valence electrons. The molecule has 0 atom stereocenters. The number of hydrogen-bond donors (Lipinski definition) is 0. The summed E-state index contributed by atoms with van der Waals surface area (Å²) in [4.78, 5) is 0. The normalized spacial score (nSPS) is 13.1. The standard InChI is InChI=1S/C40H23BN2O/c1-4-15-31-27(11-1)28-12-2-5-16-32(28)42(31)25-9-7-10-26(23-25)43-33-17-8-14-30-38(33)39-34(43)21-19-24-20-22-36-40(37(24)39)41(30)29-13-3-6-18-35(29)44-36/h1-23H. The molecule has 0 radical (unpaired) electrons. The molecular weight excluding hydrogens is 535 g/mol. The molecule has 0 saturated carbocycles. The van der Waals surface area contributed by atoms with E-state index in [9.17, 15) is 0 Å². The minimum atomic E-state index is 0.139. The van der Waals surface area contributed by atoms with Crippen molar-refractivity contribution in [3.63, 3.8) is 0 Å². The summed E-state index contributed by atoms with van der Waals surface area (Å²) in [5.74, 6) is 1.92. The van der Waals surface area contributed by atoms with Crippen LogP contribution in [0.25, 0.3) is 65.8 Å². The summed E-state index contributed by atoms with van der Waals surface area (Å²) < 4.78 is 11.4. The number of fused-ring (bicyclic) bond motifs is 6. The van der Waals surface area contributed by atoms with Gasteiger partial charge < -0.3 is 13.9 Å². The number of hydrogen-bond acceptors (Lipinski definition) is 1. The van der Waals surface area contributed by atoms with Crippen LogP contribution in [0.3, 0.4) is 0 Å². The Morgan fingerprint density at radius 3 is 1.86 bits per heavy atom. The molecule has 0 unspecified atom stereocenters. The van der Waals surface area contributed by atoms with E-state index in [2.05, 4.69) is 149 Å². The third-order valence-electron chi connectivity index (χ3n) is 9.95. The Labute approximate surface area is 253 Å². The highest BCUT2D eigenvalue weighted by Gasteiger charge is 2.39. The van der Waals surface area contributed by atoms with E-state index in [1.54, 1.807) is 0 Å². The van der Waals surface area contributed by atoms with Gasteiger partial charge in [-0.25, -0.2) is 0 Å². The minimum Gasteiger partial charge on any atom is -0.458 e. The number of nitrogens with zero attached hydrogens (tertiary/aromatic N) is 2. The molecule has 7 aromatic carbocycles. The van der Waals surface area contributed by atoms with Gasteiger partial charge in [0.1, 0.15) is 11.5 Å². The lowest BCUT2D eigenvalue weighted by Crippen LogP contribution is -2.56. The van der Waals surface area contributed by atoms with E-state index < -0.39 is 0 Å². The molecule has 2 aliphatic rings. The van der Waals surface area contributed by atoms with E-state index in [4.69, 9.17) is 4.74 Å². The Morgan fingerprint density at radius 1 is 0.432 bits per heavy atom. The molecule has 0 N–H and O–H groups in total. The Bertz CT molecular complexity index is 2660. The van der Waals surface area contributed by atoms with E-state index in [0.717, 1.165) is 22.9 Å². The topological polar surface area (TPSA) is 19.1 Å². The summed E-state index contributed by atoms with van der Waals surface area (Å²) in [5, 5.41) is 7.80. The van der Waals surface area contributed by atoms with Gasteiger partial charge in [0.05, 0.1) is 22.1 Å². The van der Waals surface area contributed by atoms with Gasteiger partial charge in [-0.1, -0.05) is 90.4 Å². The second-order valence-electron chi connectivity index (χ2n) is 12.1. The Hall–Kier alpha value is -5.74. The van der Waals surface area contributed by atoms with E-state index in [1.807, 2.05) is 0 Å². The zero-order valence-electron chi connectivity index (χ0n) is 23.7. The zero-order valence-corrected chi connectivity index (χ0v) is 23.7. The molecule has 2 aliphatic heterocycles. The number of rotatable bonds is 2. The molecule has 0 spiro atoms. The fourth-order valence-electron chi connectivity index (χ4n) is 8.28. The van der Waals surface area contributed by atoms with Crippen molar-refractivity contribution < 1.29 is 4.74 Å². The Morgan fingerprint density at radius 2 is 1.05 bits per heavy atom.